The van der Waals surface area contributed by atoms with Crippen molar-refractivity contribution in [3.05, 3.63) is 59.7 Å². The van der Waals surface area contributed by atoms with Crippen molar-refractivity contribution in [3.8, 4) is 11.8 Å². The lowest BCUT2D eigenvalue weighted by Gasteiger charge is -2.13. The van der Waals surface area contributed by atoms with Gasteiger partial charge in [0, 0.05) is 11.3 Å². The first-order valence-electron chi connectivity index (χ1n) is 8.69. The van der Waals surface area contributed by atoms with Crippen molar-refractivity contribution in [2.75, 3.05) is 11.9 Å². The van der Waals surface area contributed by atoms with Crippen molar-refractivity contribution >= 4 is 23.3 Å². The Kier molecular flexibility index (Phi) is 7.28. The normalized spacial score (nSPS) is 11.0. The molecular weight excluding hydrogens is 360 g/mol. The van der Waals surface area contributed by atoms with E-state index in [1.165, 1.54) is 31.2 Å². The summed E-state index contributed by atoms with van der Waals surface area (Å²) in [5, 5.41) is 11.0. The lowest BCUT2D eigenvalue weighted by atomic mass is 10.1. The number of nitrogens with one attached hydrogen (secondary N) is 1. The Morgan fingerprint density at radius 1 is 1.04 bits per heavy atom. The van der Waals surface area contributed by atoms with Gasteiger partial charge in [-0.1, -0.05) is 0 Å². The fourth-order valence-electron chi connectivity index (χ4n) is 2.37. The van der Waals surface area contributed by atoms with E-state index in [4.69, 9.17) is 14.7 Å². The van der Waals surface area contributed by atoms with Gasteiger partial charge in [-0.3, -0.25) is 9.59 Å². The first-order chi connectivity index (χ1) is 13.4. The van der Waals surface area contributed by atoms with Crippen LogP contribution in [0.3, 0.4) is 0 Å². The number of hydrogen-bond acceptors (Lipinski definition) is 6. The Morgan fingerprint density at radius 3 is 2.21 bits per heavy atom. The van der Waals surface area contributed by atoms with E-state index in [1.807, 2.05) is 6.92 Å². The molecule has 0 fully saturated rings. The van der Waals surface area contributed by atoms with Crippen LogP contribution in [-0.2, 0) is 9.53 Å². The zero-order valence-electron chi connectivity index (χ0n) is 15.6. The molecule has 2 rings (SSSR count). The number of Topliss-reactive ketones (excluding diaryl/α,β-unsaturated/α-hetero) is 1. The van der Waals surface area contributed by atoms with Crippen molar-refractivity contribution in [2.45, 2.75) is 26.4 Å². The third kappa shape index (κ3) is 5.68. The van der Waals surface area contributed by atoms with Crippen LogP contribution in [0.15, 0.2) is 48.5 Å². The standard InChI is InChI=1S/C21H20N2O5/c1-3-27-18-10-6-15(7-11-18)20(25)14(2)28-21(26)16-4-8-17(9-5-16)23-19(24)12-13-22/h4-11,14H,3,12H2,1-2H3,(H,23,24)/t14-/m1/s1. The molecule has 0 aromatic heterocycles. The second-order valence-electron chi connectivity index (χ2n) is 5.83. The number of hydrogen-bond donors (Lipinski definition) is 1. The second kappa shape index (κ2) is 9.88. The van der Waals surface area contributed by atoms with Gasteiger partial charge in [-0.05, 0) is 62.4 Å². The van der Waals surface area contributed by atoms with Gasteiger partial charge < -0.3 is 14.8 Å². The lowest BCUT2D eigenvalue weighted by molar-refractivity contribution is -0.115. The number of ketones is 1. The van der Waals surface area contributed by atoms with Gasteiger partial charge in [0.15, 0.2) is 6.10 Å². The molecule has 0 aliphatic carbocycles. The molecule has 0 spiro atoms. The summed E-state index contributed by atoms with van der Waals surface area (Å²) >= 11 is 0. The number of esters is 1. The average Bonchev–Trinajstić information content (AvgIpc) is 2.69. The number of carbonyl (C=O) groups is 3. The summed E-state index contributed by atoms with van der Waals surface area (Å²) in [5.74, 6) is -0.753. The second-order valence-corrected chi connectivity index (χ2v) is 5.83. The Morgan fingerprint density at radius 2 is 1.64 bits per heavy atom. The number of nitrogens with zero attached hydrogens (tertiary/aromatic N) is 1. The minimum atomic E-state index is -0.958. The van der Waals surface area contributed by atoms with E-state index in [2.05, 4.69) is 5.32 Å². The first-order valence-corrected chi connectivity index (χ1v) is 8.69. The highest BCUT2D eigenvalue weighted by Crippen LogP contribution is 2.16. The Labute approximate surface area is 162 Å². The zero-order valence-corrected chi connectivity index (χ0v) is 15.6. The predicted molar refractivity (Wildman–Crippen MR) is 102 cm³/mol. The molecule has 0 radical (unpaired) electrons. The molecule has 1 atom stereocenters. The summed E-state index contributed by atoms with van der Waals surface area (Å²) in [4.78, 5) is 36.0. The van der Waals surface area contributed by atoms with Gasteiger partial charge in [0.1, 0.15) is 12.2 Å². The molecule has 1 amide bonds. The maximum Gasteiger partial charge on any atom is 0.338 e. The van der Waals surface area contributed by atoms with Crippen molar-refractivity contribution in [1.29, 1.82) is 5.26 Å². The summed E-state index contributed by atoms with van der Waals surface area (Å²) in [6.07, 6.45) is -1.21. The van der Waals surface area contributed by atoms with Crippen LogP contribution in [0.5, 0.6) is 5.75 Å². The molecule has 144 valence electrons. The fourth-order valence-corrected chi connectivity index (χ4v) is 2.37. The quantitative estimate of drug-likeness (QED) is 0.556. The van der Waals surface area contributed by atoms with Crippen LogP contribution in [0.25, 0.3) is 0 Å². The van der Waals surface area contributed by atoms with Crippen LogP contribution in [0.1, 0.15) is 41.0 Å². The minimum absolute atomic E-state index is 0.240. The van der Waals surface area contributed by atoms with Crippen LogP contribution in [0.2, 0.25) is 0 Å². The summed E-state index contributed by atoms with van der Waals surface area (Å²) in [6.45, 7) is 3.91. The van der Waals surface area contributed by atoms with Gasteiger partial charge in [0.2, 0.25) is 11.7 Å². The minimum Gasteiger partial charge on any atom is -0.494 e. The van der Waals surface area contributed by atoms with E-state index >= 15 is 0 Å². The van der Waals surface area contributed by atoms with Crippen LogP contribution < -0.4 is 10.1 Å². The van der Waals surface area contributed by atoms with Crippen molar-refractivity contribution in [3.63, 3.8) is 0 Å². The molecule has 28 heavy (non-hydrogen) atoms. The third-order valence-corrected chi connectivity index (χ3v) is 3.75. The number of amides is 1. The third-order valence-electron chi connectivity index (χ3n) is 3.75. The van der Waals surface area contributed by atoms with E-state index in [0.29, 0.717) is 23.6 Å². The fraction of sp³-hybridized carbons (Fsp3) is 0.238. The van der Waals surface area contributed by atoms with E-state index < -0.39 is 18.0 Å². The molecule has 0 aliphatic rings. The number of anilines is 1. The lowest BCUT2D eigenvalue weighted by Crippen LogP contribution is -2.24. The van der Waals surface area contributed by atoms with E-state index in [9.17, 15) is 14.4 Å². The van der Waals surface area contributed by atoms with Gasteiger partial charge in [-0.25, -0.2) is 4.79 Å². The summed E-state index contributed by atoms with van der Waals surface area (Å²) < 4.78 is 10.6. The molecule has 7 nitrogen and oxygen atoms in total. The summed E-state index contributed by atoms with van der Waals surface area (Å²) in [6, 6.07) is 14.3. The maximum atomic E-state index is 12.4. The number of ether oxygens (including phenoxy) is 2. The van der Waals surface area contributed by atoms with Crippen LogP contribution in [0.4, 0.5) is 5.69 Å². The molecule has 0 saturated heterocycles. The molecule has 0 unspecified atom stereocenters. The van der Waals surface area contributed by atoms with Gasteiger partial charge in [-0.2, -0.15) is 5.26 Å². The van der Waals surface area contributed by atoms with Crippen LogP contribution >= 0.6 is 0 Å². The maximum absolute atomic E-state index is 12.4. The summed E-state index contributed by atoms with van der Waals surface area (Å²) in [5.41, 5.74) is 1.11. The smallest absolute Gasteiger partial charge is 0.338 e. The summed E-state index contributed by atoms with van der Waals surface area (Å²) in [7, 11) is 0. The molecular formula is C21H20N2O5. The highest BCUT2D eigenvalue weighted by Gasteiger charge is 2.20. The van der Waals surface area contributed by atoms with E-state index in [0.717, 1.165) is 0 Å². The highest BCUT2D eigenvalue weighted by atomic mass is 16.5. The van der Waals surface area contributed by atoms with Crippen molar-refractivity contribution in [1.82, 2.24) is 0 Å². The molecule has 2 aromatic rings. The molecule has 2 aromatic carbocycles. The SMILES string of the molecule is CCOc1ccc(C(=O)[C@@H](C)OC(=O)c2ccc(NC(=O)CC#N)cc2)cc1. The number of rotatable bonds is 8. The Balaban J connectivity index is 1.96. The van der Waals surface area contributed by atoms with Crippen molar-refractivity contribution < 1.29 is 23.9 Å². The highest BCUT2D eigenvalue weighted by molar-refractivity contribution is 6.01. The number of nitriles is 1. The van der Waals surface area contributed by atoms with Crippen molar-refractivity contribution in [2.24, 2.45) is 0 Å². The predicted octanol–water partition coefficient (Wildman–Crippen LogP) is 3.37. The van der Waals surface area contributed by atoms with E-state index in [-0.39, 0.29) is 17.8 Å². The molecule has 7 heteroatoms. The average molecular weight is 380 g/mol. The molecule has 0 saturated carbocycles. The Hall–Kier alpha value is -3.66. The molecule has 0 aliphatic heterocycles. The Bertz CT molecular complexity index is 883. The molecule has 0 bridgehead atoms. The number of carbonyl (C=O) groups excluding carboxylic acids is 3. The van der Waals surface area contributed by atoms with Gasteiger partial charge in [0.25, 0.3) is 0 Å². The largest absolute Gasteiger partial charge is 0.494 e. The van der Waals surface area contributed by atoms with Gasteiger partial charge in [-0.15, -0.1) is 0 Å². The molecule has 1 N–H and O–H groups in total. The monoisotopic (exact) mass is 380 g/mol. The first kappa shape index (κ1) is 20.6. The van der Waals surface area contributed by atoms with Gasteiger partial charge >= 0.3 is 5.97 Å². The zero-order chi connectivity index (χ0) is 20.5. The topological polar surface area (TPSA) is 105 Å². The number of benzene rings is 2. The van der Waals surface area contributed by atoms with Crippen LogP contribution in [0, 0.1) is 11.3 Å². The van der Waals surface area contributed by atoms with Gasteiger partial charge in [0.05, 0.1) is 18.2 Å². The van der Waals surface area contributed by atoms with E-state index in [1.54, 1.807) is 30.3 Å². The molecule has 0 heterocycles. The van der Waals surface area contributed by atoms with Crippen LogP contribution in [-0.4, -0.2) is 30.4 Å².